The number of anilines is 1. The summed E-state index contributed by atoms with van der Waals surface area (Å²) in [5, 5.41) is 18.0. The summed E-state index contributed by atoms with van der Waals surface area (Å²) in [6.45, 7) is 0. The number of halogens is 4. The molecule has 0 spiro atoms. The van der Waals surface area contributed by atoms with Gasteiger partial charge in [0.1, 0.15) is 6.07 Å². The third kappa shape index (κ3) is 3.16. The molecule has 1 heterocycles. The van der Waals surface area contributed by atoms with Crippen LogP contribution in [0.15, 0.2) is 22.8 Å². The monoisotopic (exact) mass is 412 g/mol. The van der Waals surface area contributed by atoms with Crippen molar-refractivity contribution < 1.29 is 22.7 Å². The van der Waals surface area contributed by atoms with Crippen molar-refractivity contribution >= 4 is 27.6 Å². The van der Waals surface area contributed by atoms with E-state index in [0.29, 0.717) is 6.07 Å². The average molecular weight is 413 g/mol. The average Bonchev–Trinajstić information content (AvgIpc) is 2.88. The van der Waals surface area contributed by atoms with E-state index in [1.165, 1.54) is 0 Å². The predicted octanol–water partition coefficient (Wildman–Crippen LogP) is 3.37. The molecule has 10 heteroatoms. The van der Waals surface area contributed by atoms with Crippen molar-refractivity contribution in [1.82, 2.24) is 4.57 Å². The Bertz CT molecular complexity index is 952. The fourth-order valence-corrected chi connectivity index (χ4v) is 2.87. The van der Waals surface area contributed by atoms with Crippen LogP contribution in [0.25, 0.3) is 5.69 Å². The Labute approximate surface area is 147 Å². The number of methoxy groups -OCH3 is 1. The summed E-state index contributed by atoms with van der Waals surface area (Å²) in [6, 6.07) is 5.13. The summed E-state index contributed by atoms with van der Waals surface area (Å²) >= 11 is 2.98. The number of esters is 1. The molecule has 1 aromatic heterocycles. The molecular formula is C15H8BrF3N4O2. The quantitative estimate of drug-likeness (QED) is 0.761. The van der Waals surface area contributed by atoms with Gasteiger partial charge in [0, 0.05) is 10.7 Å². The van der Waals surface area contributed by atoms with E-state index in [1.54, 1.807) is 12.1 Å². The normalized spacial score (nSPS) is 10.8. The Balaban J connectivity index is 2.96. The van der Waals surface area contributed by atoms with E-state index >= 15 is 0 Å². The zero-order valence-corrected chi connectivity index (χ0v) is 14.1. The number of nitrogen functional groups attached to an aromatic ring is 1. The van der Waals surface area contributed by atoms with Crippen LogP contribution in [-0.2, 0) is 10.9 Å². The Morgan fingerprint density at radius 2 is 1.96 bits per heavy atom. The molecule has 0 saturated heterocycles. The highest BCUT2D eigenvalue weighted by atomic mass is 79.9. The molecule has 2 aromatic rings. The molecule has 25 heavy (non-hydrogen) atoms. The van der Waals surface area contributed by atoms with E-state index in [4.69, 9.17) is 16.3 Å². The van der Waals surface area contributed by atoms with Crippen LogP contribution in [0.5, 0.6) is 0 Å². The van der Waals surface area contributed by atoms with Gasteiger partial charge in [-0.1, -0.05) is 0 Å². The predicted molar refractivity (Wildman–Crippen MR) is 83.7 cm³/mol. The van der Waals surface area contributed by atoms with Gasteiger partial charge < -0.3 is 15.0 Å². The number of hydrogen-bond donors (Lipinski definition) is 1. The lowest BCUT2D eigenvalue weighted by Crippen LogP contribution is -2.16. The van der Waals surface area contributed by atoms with Crippen LogP contribution in [0.4, 0.5) is 18.9 Å². The van der Waals surface area contributed by atoms with Gasteiger partial charge in [0.15, 0.2) is 5.69 Å². The van der Waals surface area contributed by atoms with Crippen molar-refractivity contribution in [2.24, 2.45) is 0 Å². The van der Waals surface area contributed by atoms with Crippen molar-refractivity contribution in [2.45, 2.75) is 6.18 Å². The van der Waals surface area contributed by atoms with Crippen molar-refractivity contribution in [3.63, 3.8) is 0 Å². The first-order chi connectivity index (χ1) is 11.6. The summed E-state index contributed by atoms with van der Waals surface area (Å²) in [6.07, 6.45) is -3.83. The number of nitrogens with zero attached hydrogens (tertiary/aromatic N) is 3. The van der Waals surface area contributed by atoms with E-state index in [-0.39, 0.29) is 21.3 Å². The molecule has 128 valence electrons. The first-order valence-electron chi connectivity index (χ1n) is 6.46. The van der Waals surface area contributed by atoms with Crippen LogP contribution in [0.1, 0.15) is 27.2 Å². The molecule has 0 saturated carbocycles. The minimum Gasteiger partial charge on any atom is -0.464 e. The molecule has 0 atom stereocenters. The Kier molecular flexibility index (Phi) is 4.77. The molecule has 0 aliphatic rings. The first kappa shape index (κ1) is 18.4. The number of alkyl halides is 3. The highest BCUT2D eigenvalue weighted by Crippen LogP contribution is 2.40. The molecule has 2 rings (SSSR count). The first-order valence-corrected chi connectivity index (χ1v) is 7.25. The summed E-state index contributed by atoms with van der Waals surface area (Å²) in [7, 11) is 1.03. The van der Waals surface area contributed by atoms with Gasteiger partial charge in [0.25, 0.3) is 0 Å². The SMILES string of the molecule is COC(=O)c1c(N)c(C#N)cn1-c1c(Br)cc(C#N)cc1C(F)(F)F. The van der Waals surface area contributed by atoms with Gasteiger partial charge >= 0.3 is 12.1 Å². The van der Waals surface area contributed by atoms with Crippen LogP contribution in [0.2, 0.25) is 0 Å². The van der Waals surface area contributed by atoms with Gasteiger partial charge in [-0.3, -0.25) is 0 Å². The van der Waals surface area contributed by atoms with Crippen LogP contribution < -0.4 is 5.73 Å². The molecule has 0 aliphatic heterocycles. The lowest BCUT2D eigenvalue weighted by molar-refractivity contribution is -0.137. The maximum absolute atomic E-state index is 13.5. The molecule has 0 fully saturated rings. The smallest absolute Gasteiger partial charge is 0.418 e. The van der Waals surface area contributed by atoms with Crippen LogP contribution in [0, 0.1) is 22.7 Å². The van der Waals surface area contributed by atoms with Crippen molar-refractivity contribution in [3.05, 3.63) is 45.2 Å². The molecule has 0 unspecified atom stereocenters. The summed E-state index contributed by atoms with van der Waals surface area (Å²) < 4.78 is 45.7. The number of rotatable bonds is 2. The third-order valence-corrected chi connectivity index (χ3v) is 3.89. The Morgan fingerprint density at radius 3 is 2.44 bits per heavy atom. The second-order valence-corrected chi connectivity index (χ2v) is 5.60. The lowest BCUT2D eigenvalue weighted by Gasteiger charge is -2.17. The summed E-state index contributed by atoms with van der Waals surface area (Å²) in [5.41, 5.74) is 2.89. The molecule has 0 bridgehead atoms. The van der Waals surface area contributed by atoms with Crippen molar-refractivity contribution in [1.29, 1.82) is 10.5 Å². The van der Waals surface area contributed by atoms with Gasteiger partial charge in [-0.2, -0.15) is 23.7 Å². The highest BCUT2D eigenvalue weighted by Gasteiger charge is 2.37. The molecule has 0 aliphatic carbocycles. The second-order valence-electron chi connectivity index (χ2n) is 4.74. The van der Waals surface area contributed by atoms with Gasteiger partial charge in [-0.05, 0) is 28.1 Å². The van der Waals surface area contributed by atoms with Gasteiger partial charge in [0.05, 0.1) is 41.2 Å². The molecule has 1 aromatic carbocycles. The highest BCUT2D eigenvalue weighted by molar-refractivity contribution is 9.10. The fraction of sp³-hybridized carbons (Fsp3) is 0.133. The minimum atomic E-state index is -4.83. The maximum Gasteiger partial charge on any atom is 0.418 e. The maximum atomic E-state index is 13.5. The molecule has 6 nitrogen and oxygen atoms in total. The fourth-order valence-electron chi connectivity index (χ4n) is 2.22. The van der Waals surface area contributed by atoms with E-state index in [0.717, 1.165) is 23.9 Å². The number of nitriles is 2. The number of benzene rings is 1. The van der Waals surface area contributed by atoms with Gasteiger partial charge in [-0.15, -0.1) is 0 Å². The zero-order valence-electron chi connectivity index (χ0n) is 12.5. The van der Waals surface area contributed by atoms with E-state index < -0.39 is 29.1 Å². The van der Waals surface area contributed by atoms with Crippen LogP contribution in [-0.4, -0.2) is 17.6 Å². The lowest BCUT2D eigenvalue weighted by atomic mass is 10.1. The molecule has 2 N–H and O–H groups in total. The second kappa shape index (κ2) is 6.49. The van der Waals surface area contributed by atoms with E-state index in [2.05, 4.69) is 20.7 Å². The summed E-state index contributed by atoms with van der Waals surface area (Å²) in [5.74, 6) is -1.01. The van der Waals surface area contributed by atoms with E-state index in [1.807, 2.05) is 0 Å². The number of ether oxygens (including phenoxy) is 1. The number of aromatic nitrogens is 1. The number of carbonyl (C=O) groups excluding carboxylic acids is 1. The molecule has 0 radical (unpaired) electrons. The van der Waals surface area contributed by atoms with Crippen molar-refractivity contribution in [3.8, 4) is 17.8 Å². The van der Waals surface area contributed by atoms with Crippen molar-refractivity contribution in [2.75, 3.05) is 12.8 Å². The zero-order chi connectivity index (χ0) is 18.9. The molecule has 0 amide bonds. The largest absolute Gasteiger partial charge is 0.464 e. The van der Waals surface area contributed by atoms with Gasteiger partial charge in [0.2, 0.25) is 0 Å². The minimum absolute atomic E-state index is 0.108. The van der Waals surface area contributed by atoms with Crippen LogP contribution in [0.3, 0.4) is 0 Å². The van der Waals surface area contributed by atoms with Crippen LogP contribution >= 0.6 is 15.9 Å². The Hall–Kier alpha value is -2.98. The topological polar surface area (TPSA) is 105 Å². The number of carbonyl (C=O) groups is 1. The number of nitrogens with two attached hydrogens (primary N) is 1. The standard InChI is InChI=1S/C15H8BrF3N4O2/c1-25-14(24)13-11(22)8(5-21)6-23(13)12-9(15(17,18)19)2-7(4-20)3-10(12)16/h2-3,6H,22H2,1H3. The summed E-state index contributed by atoms with van der Waals surface area (Å²) in [4.78, 5) is 12.0. The van der Waals surface area contributed by atoms with E-state index in [9.17, 15) is 18.0 Å². The number of hydrogen-bond acceptors (Lipinski definition) is 5. The third-order valence-electron chi connectivity index (χ3n) is 3.28. The molecular weight excluding hydrogens is 405 g/mol. The Morgan fingerprint density at radius 1 is 1.32 bits per heavy atom. The van der Waals surface area contributed by atoms with Gasteiger partial charge in [-0.25, -0.2) is 4.79 Å².